The molecule has 1 N–H and O–H groups in total. The van der Waals surface area contributed by atoms with Crippen LogP contribution in [0, 0.1) is 5.92 Å². The van der Waals surface area contributed by atoms with Crippen molar-refractivity contribution in [1.82, 2.24) is 4.90 Å². The van der Waals surface area contributed by atoms with Crippen molar-refractivity contribution in [2.24, 2.45) is 5.92 Å². The first-order valence-corrected chi connectivity index (χ1v) is 7.58. The molecule has 1 saturated heterocycles. The maximum absolute atomic E-state index is 11.0. The largest absolute Gasteiger partial charge is 0.481 e. The molecule has 4 heteroatoms. The third-order valence-corrected chi connectivity index (χ3v) is 4.53. The average molecular weight is 291 g/mol. The quantitative estimate of drug-likeness (QED) is 0.906. The molecule has 0 amide bonds. The third kappa shape index (κ3) is 4.05. The van der Waals surface area contributed by atoms with E-state index in [-0.39, 0.29) is 0 Å². The van der Waals surface area contributed by atoms with Crippen molar-refractivity contribution < 1.29 is 14.6 Å². The van der Waals surface area contributed by atoms with E-state index in [0.29, 0.717) is 12.0 Å². The lowest BCUT2D eigenvalue weighted by molar-refractivity contribution is -0.138. The Hall–Kier alpha value is -1.39. The Morgan fingerprint density at radius 3 is 2.67 bits per heavy atom. The molecule has 1 aromatic carbocycles. The molecule has 1 aliphatic heterocycles. The lowest BCUT2D eigenvalue weighted by Gasteiger charge is -2.36. The molecular formula is C17H25NO3. The summed E-state index contributed by atoms with van der Waals surface area (Å²) in [5.74, 6) is -0.617. The molecule has 1 fully saturated rings. The van der Waals surface area contributed by atoms with E-state index in [1.165, 1.54) is 5.56 Å². The van der Waals surface area contributed by atoms with Crippen LogP contribution in [0.4, 0.5) is 0 Å². The van der Waals surface area contributed by atoms with Crippen LogP contribution in [-0.2, 0) is 16.1 Å². The summed E-state index contributed by atoms with van der Waals surface area (Å²) in [7, 11) is 1.78. The van der Waals surface area contributed by atoms with E-state index in [4.69, 9.17) is 9.84 Å². The van der Waals surface area contributed by atoms with Crippen LogP contribution in [0.1, 0.15) is 37.3 Å². The minimum atomic E-state index is -0.782. The van der Waals surface area contributed by atoms with Gasteiger partial charge in [0, 0.05) is 20.2 Å². The lowest BCUT2D eigenvalue weighted by Crippen LogP contribution is -2.43. The molecule has 0 saturated carbocycles. The first-order chi connectivity index (χ1) is 10.0. The Bertz CT molecular complexity index is 471. The lowest BCUT2D eigenvalue weighted by atomic mass is 9.95. The summed E-state index contributed by atoms with van der Waals surface area (Å²) < 4.78 is 5.54. The van der Waals surface area contributed by atoms with Crippen molar-refractivity contribution in [3.05, 3.63) is 35.4 Å². The van der Waals surface area contributed by atoms with Gasteiger partial charge < -0.3 is 9.84 Å². The molecule has 2 rings (SSSR count). The number of benzene rings is 1. The molecule has 3 unspecified atom stereocenters. The number of nitrogens with zero attached hydrogens (tertiary/aromatic N) is 1. The molecule has 0 aromatic heterocycles. The fourth-order valence-electron chi connectivity index (χ4n) is 2.86. The van der Waals surface area contributed by atoms with E-state index in [1.807, 2.05) is 24.3 Å². The van der Waals surface area contributed by atoms with Crippen LogP contribution >= 0.6 is 0 Å². The molecular weight excluding hydrogens is 266 g/mol. The summed E-state index contributed by atoms with van der Waals surface area (Å²) in [6.07, 6.45) is 1.47. The topological polar surface area (TPSA) is 49.8 Å². The highest BCUT2D eigenvalue weighted by Gasteiger charge is 2.25. The average Bonchev–Trinajstić information content (AvgIpc) is 2.49. The van der Waals surface area contributed by atoms with Crippen LogP contribution in [0.5, 0.6) is 0 Å². The minimum absolute atomic E-state index is 0.310. The van der Waals surface area contributed by atoms with Gasteiger partial charge in [0.2, 0.25) is 0 Å². The van der Waals surface area contributed by atoms with Gasteiger partial charge in [0.05, 0.1) is 12.0 Å². The fourth-order valence-corrected chi connectivity index (χ4v) is 2.86. The van der Waals surface area contributed by atoms with Crippen LogP contribution in [0.3, 0.4) is 0 Å². The highest BCUT2D eigenvalue weighted by atomic mass is 16.5. The molecule has 1 aromatic rings. The zero-order chi connectivity index (χ0) is 15.4. The van der Waals surface area contributed by atoms with Crippen molar-refractivity contribution in [3.63, 3.8) is 0 Å². The Kier molecular flexibility index (Phi) is 5.37. The second-order valence-electron chi connectivity index (χ2n) is 6.08. The summed E-state index contributed by atoms with van der Waals surface area (Å²) in [6.45, 7) is 6.91. The van der Waals surface area contributed by atoms with E-state index in [2.05, 4.69) is 11.8 Å². The highest BCUT2D eigenvalue weighted by Crippen LogP contribution is 2.22. The molecule has 116 valence electrons. The number of likely N-dealkylation sites (tertiary alicyclic amines) is 1. The third-order valence-electron chi connectivity index (χ3n) is 4.53. The zero-order valence-corrected chi connectivity index (χ0v) is 13.1. The summed E-state index contributed by atoms with van der Waals surface area (Å²) in [5.41, 5.74) is 2.08. The van der Waals surface area contributed by atoms with E-state index < -0.39 is 11.9 Å². The van der Waals surface area contributed by atoms with E-state index in [1.54, 1.807) is 14.0 Å². The molecule has 0 radical (unpaired) electrons. The Morgan fingerprint density at radius 2 is 2.10 bits per heavy atom. The second kappa shape index (κ2) is 7.05. The number of piperidine rings is 1. The minimum Gasteiger partial charge on any atom is -0.481 e. The van der Waals surface area contributed by atoms with Gasteiger partial charge in [-0.3, -0.25) is 9.69 Å². The highest BCUT2D eigenvalue weighted by molar-refractivity contribution is 5.75. The van der Waals surface area contributed by atoms with Crippen LogP contribution in [-0.4, -0.2) is 42.3 Å². The number of aliphatic carboxylic acids is 1. The Balaban J connectivity index is 1.96. The Labute approximate surface area is 126 Å². The number of hydrogen-bond acceptors (Lipinski definition) is 3. The van der Waals surface area contributed by atoms with E-state index in [0.717, 1.165) is 31.6 Å². The van der Waals surface area contributed by atoms with Gasteiger partial charge in [0.1, 0.15) is 0 Å². The first kappa shape index (κ1) is 16.0. The second-order valence-corrected chi connectivity index (χ2v) is 6.08. The smallest absolute Gasteiger partial charge is 0.310 e. The number of carbonyl (C=O) groups is 1. The first-order valence-electron chi connectivity index (χ1n) is 7.58. The maximum atomic E-state index is 11.0. The number of rotatable bonds is 5. The van der Waals surface area contributed by atoms with Crippen molar-refractivity contribution in [1.29, 1.82) is 0 Å². The van der Waals surface area contributed by atoms with E-state index >= 15 is 0 Å². The van der Waals surface area contributed by atoms with Crippen LogP contribution in [0.15, 0.2) is 24.3 Å². The predicted molar refractivity (Wildman–Crippen MR) is 82.3 cm³/mol. The van der Waals surface area contributed by atoms with Gasteiger partial charge in [-0.15, -0.1) is 0 Å². The summed E-state index contributed by atoms with van der Waals surface area (Å²) >= 11 is 0. The monoisotopic (exact) mass is 291 g/mol. The van der Waals surface area contributed by atoms with Crippen molar-refractivity contribution >= 4 is 5.97 Å². The maximum Gasteiger partial charge on any atom is 0.310 e. The van der Waals surface area contributed by atoms with Crippen molar-refractivity contribution in [2.75, 3.05) is 20.2 Å². The van der Waals surface area contributed by atoms with E-state index in [9.17, 15) is 4.79 Å². The Morgan fingerprint density at radius 1 is 1.43 bits per heavy atom. The van der Waals surface area contributed by atoms with Crippen LogP contribution < -0.4 is 0 Å². The van der Waals surface area contributed by atoms with Gasteiger partial charge >= 0.3 is 5.97 Å². The number of carboxylic acids is 1. The van der Waals surface area contributed by atoms with Crippen LogP contribution in [0.25, 0.3) is 0 Å². The fraction of sp³-hybridized carbons (Fsp3) is 0.588. The molecule has 4 nitrogen and oxygen atoms in total. The van der Waals surface area contributed by atoms with Gasteiger partial charge in [-0.2, -0.15) is 0 Å². The molecule has 0 aliphatic carbocycles. The predicted octanol–water partition coefficient (Wildman–Crippen LogP) is 2.73. The number of hydrogen-bond donors (Lipinski definition) is 1. The molecule has 21 heavy (non-hydrogen) atoms. The van der Waals surface area contributed by atoms with Gasteiger partial charge in [-0.25, -0.2) is 0 Å². The van der Waals surface area contributed by atoms with Gasteiger partial charge in [-0.05, 0) is 36.9 Å². The number of carboxylic acid groups (broad SMARTS) is 1. The van der Waals surface area contributed by atoms with Crippen molar-refractivity contribution in [2.45, 2.75) is 38.8 Å². The number of ether oxygens (including phenoxy) is 1. The van der Waals surface area contributed by atoms with Crippen molar-refractivity contribution in [3.8, 4) is 0 Å². The zero-order valence-electron chi connectivity index (χ0n) is 13.1. The molecule has 1 aliphatic rings. The summed E-state index contributed by atoms with van der Waals surface area (Å²) in [4.78, 5) is 13.4. The molecule has 0 spiro atoms. The van der Waals surface area contributed by atoms with Gasteiger partial charge in [0.25, 0.3) is 0 Å². The SMILES string of the molecule is COC1CN(Cc2ccc(C(C)C(=O)O)cc2)CCC1C. The molecule has 0 bridgehead atoms. The van der Waals surface area contributed by atoms with Gasteiger partial charge in [-0.1, -0.05) is 31.2 Å². The van der Waals surface area contributed by atoms with Crippen LogP contribution in [0.2, 0.25) is 0 Å². The number of methoxy groups -OCH3 is 1. The standard InChI is InChI=1S/C17H25NO3/c1-12-8-9-18(11-16(12)21-3)10-14-4-6-15(7-5-14)13(2)17(19)20/h4-7,12-13,16H,8-11H2,1-3H3,(H,19,20). The molecule has 1 heterocycles. The normalized spacial score (nSPS) is 24.7. The summed E-state index contributed by atoms with van der Waals surface area (Å²) in [5, 5.41) is 9.02. The molecule has 3 atom stereocenters. The van der Waals surface area contributed by atoms with Gasteiger partial charge in [0.15, 0.2) is 0 Å². The summed E-state index contributed by atoms with van der Waals surface area (Å²) in [6, 6.07) is 7.92.